The number of unbranched alkanes of at least 4 members (excludes halogenated alkanes) is 3. The van der Waals surface area contributed by atoms with E-state index in [9.17, 15) is 0 Å². The number of rotatable bonds is 3. The van der Waals surface area contributed by atoms with E-state index in [1.54, 1.807) is 0 Å². The van der Waals surface area contributed by atoms with Gasteiger partial charge in [0.05, 0.1) is 0 Å². The maximum absolute atomic E-state index is 4.25. The van der Waals surface area contributed by atoms with E-state index in [0.29, 0.717) is 0 Å². The molecule has 50 valence electrons. The predicted molar refractivity (Wildman–Crippen MR) is 45.2 cm³/mol. The first-order chi connectivity index (χ1) is 3.91. The Kier molecular flexibility index (Phi) is 42.6. The molecule has 0 aliphatic heterocycles. The Morgan fingerprint density at radius 2 is 1.78 bits per heavy atom. The van der Waals surface area contributed by atoms with E-state index in [1.165, 1.54) is 19.3 Å². The molecule has 0 N–H and O–H groups in total. The molecular weight excluding hydrogens is 120 g/mol. The van der Waals surface area contributed by atoms with Crippen LogP contribution in [0.3, 0.4) is 0 Å². The second-order valence-electron chi connectivity index (χ2n) is 1.56. The predicted octanol–water partition coefficient (Wildman–Crippen LogP) is 2.63. The third kappa shape index (κ3) is 29.3. The Morgan fingerprint density at radius 1 is 1.33 bits per heavy atom. The van der Waals surface area contributed by atoms with E-state index in [4.69, 9.17) is 0 Å². The minimum Gasteiger partial charge on any atom is -0.521 e. The molecule has 0 aromatic rings. The summed E-state index contributed by atoms with van der Waals surface area (Å²) >= 11 is 0. The average molecular weight is 137 g/mol. The molecule has 0 bridgehead atoms. The molecule has 0 saturated carbocycles. The molecule has 0 amide bonds. The summed E-state index contributed by atoms with van der Waals surface area (Å²) in [5.74, 6) is 0. The molecule has 0 rings (SSSR count). The molecule has 0 heterocycles. The van der Waals surface area contributed by atoms with E-state index in [0.717, 1.165) is 6.42 Å². The van der Waals surface area contributed by atoms with E-state index in [1.807, 2.05) is 0 Å². The first kappa shape index (κ1) is 16.2. The summed E-state index contributed by atoms with van der Waals surface area (Å²) in [5, 5.41) is 0. The zero-order valence-electron chi connectivity index (χ0n) is 6.53. The van der Waals surface area contributed by atoms with E-state index in [2.05, 4.69) is 27.0 Å². The molecule has 0 aromatic heterocycles. The van der Waals surface area contributed by atoms with Crippen molar-refractivity contribution in [1.29, 1.82) is 0 Å². The van der Waals surface area contributed by atoms with Gasteiger partial charge in [-0.3, -0.25) is 6.58 Å². The third-order valence-electron chi connectivity index (χ3n) is 0.854. The van der Waals surface area contributed by atoms with Crippen molar-refractivity contribution in [2.75, 3.05) is 0 Å². The average Bonchev–Trinajstić information content (AvgIpc) is 1.88. The topological polar surface area (TPSA) is 0 Å². The monoisotopic (exact) mass is 136 g/mol. The fraction of sp³-hybridized carbons (Fsp3) is 0.625. The molecule has 0 aromatic carbocycles. The second kappa shape index (κ2) is 23.6. The van der Waals surface area contributed by atoms with Crippen molar-refractivity contribution in [1.82, 2.24) is 0 Å². The minimum atomic E-state index is 0. The van der Waals surface area contributed by atoms with Gasteiger partial charge < -0.3 is 13.5 Å². The third-order valence-corrected chi connectivity index (χ3v) is 0.854. The van der Waals surface area contributed by atoms with Crippen molar-refractivity contribution in [3.05, 3.63) is 20.1 Å². The fourth-order valence-corrected chi connectivity index (χ4v) is 0.427. The Labute approximate surface area is 75.9 Å². The minimum absolute atomic E-state index is 0. The van der Waals surface area contributed by atoms with Gasteiger partial charge in [0, 0.05) is 0 Å². The van der Waals surface area contributed by atoms with Gasteiger partial charge in [0.1, 0.15) is 0 Å². The van der Waals surface area contributed by atoms with Crippen molar-refractivity contribution in [3.63, 3.8) is 0 Å². The molecule has 0 unspecified atom stereocenters. The van der Waals surface area contributed by atoms with Crippen molar-refractivity contribution >= 4 is 23.1 Å². The smallest absolute Gasteiger partial charge is 0.521 e. The fourth-order valence-electron chi connectivity index (χ4n) is 0.427. The Balaban J connectivity index is -0.000000109. The molecule has 0 aliphatic rings. The zero-order valence-corrected chi connectivity index (χ0v) is 7.94. The normalized spacial score (nSPS) is 6.44. The van der Waals surface area contributed by atoms with E-state index < -0.39 is 0 Å². The van der Waals surface area contributed by atoms with Gasteiger partial charge in [-0.25, -0.2) is 0 Å². The van der Waals surface area contributed by atoms with Crippen LogP contribution in [-0.4, -0.2) is 23.1 Å². The van der Waals surface area contributed by atoms with Gasteiger partial charge in [-0.2, -0.15) is 6.42 Å². The van der Waals surface area contributed by atoms with Crippen LogP contribution in [0.15, 0.2) is 6.58 Å². The second-order valence-corrected chi connectivity index (χ2v) is 1.56. The summed E-state index contributed by atoms with van der Waals surface area (Å²) in [4.78, 5) is 0. The van der Waals surface area contributed by atoms with E-state index in [-0.39, 0.29) is 23.1 Å². The van der Waals surface area contributed by atoms with Gasteiger partial charge in [0.2, 0.25) is 0 Å². The van der Waals surface area contributed by atoms with Gasteiger partial charge in [0.25, 0.3) is 0 Å². The maximum Gasteiger partial charge on any atom is 2.00 e. The molecule has 0 spiro atoms. The standard InChI is InChI=1S/C6H13.C2H3.Mg/c1-3-5-6-4-2;1-2;/h1,3-6H2,2H3;1H,2H2;/q2*-1;+2. The molecule has 0 fully saturated rings. The Hall–Kier alpha value is 0.506. The van der Waals surface area contributed by atoms with Gasteiger partial charge in [-0.15, -0.1) is 0 Å². The molecule has 0 aliphatic carbocycles. The van der Waals surface area contributed by atoms with Crippen molar-refractivity contribution in [3.8, 4) is 0 Å². The van der Waals surface area contributed by atoms with Crippen LogP contribution in [0.5, 0.6) is 0 Å². The molecule has 0 saturated heterocycles. The Morgan fingerprint density at radius 3 is 1.89 bits per heavy atom. The van der Waals surface area contributed by atoms with Crippen molar-refractivity contribution < 1.29 is 0 Å². The van der Waals surface area contributed by atoms with Crippen LogP contribution in [0.25, 0.3) is 0 Å². The van der Waals surface area contributed by atoms with Gasteiger partial charge >= 0.3 is 23.1 Å². The van der Waals surface area contributed by atoms with E-state index >= 15 is 0 Å². The van der Waals surface area contributed by atoms with Gasteiger partial charge in [0.15, 0.2) is 0 Å². The zero-order chi connectivity index (χ0) is 6.83. The van der Waals surface area contributed by atoms with Crippen LogP contribution >= 0.6 is 0 Å². The summed E-state index contributed by atoms with van der Waals surface area (Å²) in [6, 6.07) is 0. The number of hydrogen-bond acceptors (Lipinski definition) is 0. The van der Waals surface area contributed by atoms with Crippen LogP contribution in [0.1, 0.15) is 32.6 Å². The first-order valence-electron chi connectivity index (χ1n) is 3.12. The summed E-state index contributed by atoms with van der Waals surface area (Å²) in [5.41, 5.74) is 0. The van der Waals surface area contributed by atoms with Crippen LogP contribution in [-0.2, 0) is 0 Å². The quantitative estimate of drug-likeness (QED) is 0.318. The molecular formula is C8H16Mg. The van der Waals surface area contributed by atoms with Gasteiger partial charge in [-0.05, 0) is 0 Å². The Bertz CT molecular complexity index is 23.7. The molecule has 0 nitrogen and oxygen atoms in total. The van der Waals surface area contributed by atoms with Crippen LogP contribution in [0.4, 0.5) is 0 Å². The largest absolute Gasteiger partial charge is 2.00 e. The first-order valence-corrected chi connectivity index (χ1v) is 3.12. The summed E-state index contributed by atoms with van der Waals surface area (Å²) < 4.78 is 0. The molecule has 9 heavy (non-hydrogen) atoms. The number of hydrogen-bond donors (Lipinski definition) is 0. The molecule has 0 radical (unpaired) electrons. The SMILES string of the molecule is [CH-]=C.[CH2-]CCCCC.[Mg+2]. The van der Waals surface area contributed by atoms with Crippen LogP contribution in [0, 0.1) is 13.5 Å². The van der Waals surface area contributed by atoms with Gasteiger partial charge in [-0.1, -0.05) is 26.2 Å². The van der Waals surface area contributed by atoms with Crippen LogP contribution in [0.2, 0.25) is 0 Å². The molecule has 0 atom stereocenters. The summed E-state index contributed by atoms with van der Waals surface area (Å²) in [6.45, 7) is 12.9. The van der Waals surface area contributed by atoms with Crippen molar-refractivity contribution in [2.45, 2.75) is 32.6 Å². The summed E-state index contributed by atoms with van der Waals surface area (Å²) in [7, 11) is 0. The summed E-state index contributed by atoms with van der Waals surface area (Å²) in [6.07, 6.45) is 5.07. The van der Waals surface area contributed by atoms with Crippen LogP contribution < -0.4 is 0 Å². The molecule has 1 heteroatoms. The maximum atomic E-state index is 4.25. The van der Waals surface area contributed by atoms with Crippen molar-refractivity contribution in [2.24, 2.45) is 0 Å².